The maximum Gasteiger partial charge on any atom is 0.251 e. The molecule has 0 radical (unpaired) electrons. The normalized spacial score (nSPS) is 23.1. The number of carbonyl (C=O) groups excluding carboxylic acids is 1. The monoisotopic (exact) mass is 324 g/mol. The first-order valence-corrected chi connectivity index (χ1v) is 8.72. The van der Waals surface area contributed by atoms with Crippen molar-refractivity contribution in [3.63, 3.8) is 0 Å². The molecular formula is C15H24N4O2S. The maximum atomic E-state index is 12.3. The molecule has 1 aromatic heterocycles. The Morgan fingerprint density at radius 3 is 2.55 bits per heavy atom. The lowest BCUT2D eigenvalue weighted by molar-refractivity contribution is -0.141. The summed E-state index contributed by atoms with van der Waals surface area (Å²) in [4.78, 5) is 21.2. The lowest BCUT2D eigenvalue weighted by atomic mass is 9.96. The van der Waals surface area contributed by atoms with Crippen LogP contribution in [0, 0.1) is 0 Å². The van der Waals surface area contributed by atoms with Crippen molar-refractivity contribution in [1.82, 2.24) is 14.3 Å². The largest absolute Gasteiger partial charge is 0.368 e. The van der Waals surface area contributed by atoms with E-state index in [1.54, 1.807) is 0 Å². The number of aromatic nitrogens is 2. The Morgan fingerprint density at radius 1 is 1.27 bits per heavy atom. The van der Waals surface area contributed by atoms with E-state index in [9.17, 15) is 4.79 Å². The number of hydrogen-bond donors (Lipinski definition) is 0. The third-order valence-electron chi connectivity index (χ3n) is 4.15. The molecule has 1 amide bonds. The van der Waals surface area contributed by atoms with Crippen molar-refractivity contribution in [3.8, 4) is 0 Å². The van der Waals surface area contributed by atoms with Crippen LogP contribution in [0.4, 0.5) is 5.13 Å². The molecule has 2 aliphatic heterocycles. The molecule has 122 valence electrons. The molecule has 0 aliphatic carbocycles. The van der Waals surface area contributed by atoms with Crippen LogP contribution in [0.3, 0.4) is 0 Å². The van der Waals surface area contributed by atoms with Gasteiger partial charge in [0.2, 0.25) is 5.13 Å². The zero-order valence-corrected chi connectivity index (χ0v) is 14.4. The average molecular weight is 324 g/mol. The maximum absolute atomic E-state index is 12.3. The summed E-state index contributed by atoms with van der Waals surface area (Å²) < 4.78 is 9.96. The minimum absolute atomic E-state index is 0.0215. The number of nitrogens with zero attached hydrogens (tertiary/aromatic N) is 4. The fraction of sp³-hybridized carbons (Fsp3) is 0.800. The summed E-state index contributed by atoms with van der Waals surface area (Å²) in [7, 11) is 0. The van der Waals surface area contributed by atoms with E-state index >= 15 is 0 Å². The lowest BCUT2D eigenvalue weighted by Gasteiger charge is -2.35. The number of amides is 1. The fourth-order valence-corrected chi connectivity index (χ4v) is 3.65. The molecule has 0 N–H and O–H groups in total. The van der Waals surface area contributed by atoms with Crippen LogP contribution in [0.15, 0.2) is 0 Å². The van der Waals surface area contributed by atoms with Crippen LogP contribution in [-0.4, -0.2) is 59.1 Å². The van der Waals surface area contributed by atoms with Crippen molar-refractivity contribution in [1.29, 1.82) is 0 Å². The Hall–Kier alpha value is -1.21. The van der Waals surface area contributed by atoms with Crippen LogP contribution in [0.25, 0.3) is 0 Å². The molecule has 3 heterocycles. The summed E-state index contributed by atoms with van der Waals surface area (Å²) >= 11 is 1.45. The molecule has 2 fully saturated rings. The van der Waals surface area contributed by atoms with Crippen LogP contribution in [-0.2, 0) is 14.9 Å². The van der Waals surface area contributed by atoms with E-state index in [0.29, 0.717) is 0 Å². The average Bonchev–Trinajstić information content (AvgIpc) is 3.17. The van der Waals surface area contributed by atoms with Crippen LogP contribution in [0.5, 0.6) is 0 Å². The first-order chi connectivity index (χ1) is 10.4. The molecule has 7 heteroatoms. The zero-order valence-electron chi connectivity index (χ0n) is 13.5. The predicted molar refractivity (Wildman–Crippen MR) is 86.4 cm³/mol. The molecule has 0 aromatic carbocycles. The van der Waals surface area contributed by atoms with E-state index in [1.165, 1.54) is 11.5 Å². The van der Waals surface area contributed by atoms with Crippen molar-refractivity contribution >= 4 is 22.6 Å². The number of ether oxygens (including phenoxy) is 1. The molecule has 0 saturated carbocycles. The first-order valence-electron chi connectivity index (χ1n) is 7.95. The van der Waals surface area contributed by atoms with Gasteiger partial charge in [-0.15, -0.1) is 0 Å². The lowest BCUT2D eigenvalue weighted by Crippen LogP contribution is -2.51. The van der Waals surface area contributed by atoms with Crippen LogP contribution >= 0.6 is 11.5 Å². The van der Waals surface area contributed by atoms with Crippen molar-refractivity contribution in [3.05, 3.63) is 5.82 Å². The van der Waals surface area contributed by atoms with Crippen molar-refractivity contribution in [2.75, 3.05) is 37.7 Å². The van der Waals surface area contributed by atoms with E-state index in [4.69, 9.17) is 4.74 Å². The highest BCUT2D eigenvalue weighted by atomic mass is 32.1. The van der Waals surface area contributed by atoms with Crippen LogP contribution < -0.4 is 4.90 Å². The van der Waals surface area contributed by atoms with Gasteiger partial charge in [-0.25, -0.2) is 4.98 Å². The molecule has 1 atom stereocenters. The second-order valence-electron chi connectivity index (χ2n) is 6.96. The van der Waals surface area contributed by atoms with Gasteiger partial charge in [-0.05, 0) is 12.8 Å². The predicted octanol–water partition coefficient (Wildman–Crippen LogP) is 1.66. The van der Waals surface area contributed by atoms with Crippen LogP contribution in [0.2, 0.25) is 0 Å². The van der Waals surface area contributed by atoms with Gasteiger partial charge in [0.05, 0.1) is 0 Å². The Labute approximate surface area is 135 Å². The Morgan fingerprint density at radius 2 is 2.00 bits per heavy atom. The minimum atomic E-state index is -0.208. The van der Waals surface area contributed by atoms with E-state index in [1.807, 2.05) is 4.90 Å². The Kier molecular flexibility index (Phi) is 4.36. The number of carbonyl (C=O) groups is 1. The minimum Gasteiger partial charge on any atom is -0.368 e. The van der Waals surface area contributed by atoms with Gasteiger partial charge in [-0.2, -0.15) is 4.37 Å². The summed E-state index contributed by atoms with van der Waals surface area (Å²) in [5.41, 5.74) is -0.0215. The molecule has 1 aromatic rings. The fourth-order valence-electron chi connectivity index (χ4n) is 2.74. The van der Waals surface area contributed by atoms with Gasteiger partial charge >= 0.3 is 0 Å². The highest BCUT2D eigenvalue weighted by Gasteiger charge is 2.31. The molecule has 1 unspecified atom stereocenters. The summed E-state index contributed by atoms with van der Waals surface area (Å²) in [5, 5.41) is 0.967. The topological polar surface area (TPSA) is 58.6 Å². The number of hydrogen-bond acceptors (Lipinski definition) is 6. The quantitative estimate of drug-likeness (QED) is 0.828. The third kappa shape index (κ3) is 3.25. The van der Waals surface area contributed by atoms with Crippen molar-refractivity contribution < 1.29 is 9.53 Å². The Bertz CT molecular complexity index is 526. The molecule has 6 nitrogen and oxygen atoms in total. The zero-order chi connectivity index (χ0) is 15.7. The van der Waals surface area contributed by atoms with Gasteiger partial charge in [0.25, 0.3) is 5.91 Å². The van der Waals surface area contributed by atoms with Gasteiger partial charge in [0, 0.05) is 49.7 Å². The van der Waals surface area contributed by atoms with Crippen molar-refractivity contribution in [2.45, 2.75) is 45.1 Å². The number of piperazine rings is 1. The molecular weight excluding hydrogens is 300 g/mol. The summed E-state index contributed by atoms with van der Waals surface area (Å²) in [5.74, 6) is 1.05. The number of rotatable bonds is 2. The standard InChI is InChI=1S/C15H24N4O2S/c1-15(2,3)13-16-14(22-17-13)19-8-6-18(7-9-19)12(20)11-5-4-10-21-11/h11H,4-10H2,1-3H3. The molecule has 2 saturated heterocycles. The molecule has 22 heavy (non-hydrogen) atoms. The summed E-state index contributed by atoms with van der Waals surface area (Å²) in [6.45, 7) is 10.2. The van der Waals surface area contributed by atoms with Gasteiger partial charge in [-0.3, -0.25) is 4.79 Å². The van der Waals surface area contributed by atoms with E-state index < -0.39 is 0 Å². The summed E-state index contributed by atoms with van der Waals surface area (Å²) in [6, 6.07) is 0. The smallest absolute Gasteiger partial charge is 0.251 e. The van der Waals surface area contributed by atoms with Crippen molar-refractivity contribution in [2.24, 2.45) is 0 Å². The highest BCUT2D eigenvalue weighted by molar-refractivity contribution is 7.09. The third-order valence-corrected chi connectivity index (χ3v) is 4.93. The molecule has 2 aliphatic rings. The van der Waals surface area contributed by atoms with Gasteiger partial charge in [-0.1, -0.05) is 20.8 Å². The first kappa shape index (κ1) is 15.7. The van der Waals surface area contributed by atoms with E-state index in [2.05, 4.69) is 35.0 Å². The van der Waals surface area contributed by atoms with E-state index in [-0.39, 0.29) is 17.4 Å². The van der Waals surface area contributed by atoms with Gasteiger partial charge in [0.15, 0.2) is 0 Å². The second kappa shape index (κ2) is 6.12. The van der Waals surface area contributed by atoms with E-state index in [0.717, 1.165) is 56.6 Å². The molecule has 0 spiro atoms. The second-order valence-corrected chi connectivity index (χ2v) is 7.69. The Balaban J connectivity index is 1.57. The molecule has 3 rings (SSSR count). The van der Waals surface area contributed by atoms with Gasteiger partial charge in [0.1, 0.15) is 11.9 Å². The molecule has 0 bridgehead atoms. The van der Waals surface area contributed by atoms with Gasteiger partial charge < -0.3 is 14.5 Å². The number of anilines is 1. The van der Waals surface area contributed by atoms with Crippen LogP contribution in [0.1, 0.15) is 39.4 Å². The summed E-state index contributed by atoms with van der Waals surface area (Å²) in [6.07, 6.45) is 1.65. The SMILES string of the molecule is CC(C)(C)c1nsc(N2CCN(C(=O)C3CCCO3)CC2)n1. The highest BCUT2D eigenvalue weighted by Crippen LogP contribution is 2.26.